The molecule has 0 radical (unpaired) electrons. The van der Waals surface area contributed by atoms with Gasteiger partial charge in [0, 0.05) is 24.8 Å². The van der Waals surface area contributed by atoms with Crippen LogP contribution in [-0.4, -0.2) is 24.1 Å². The third kappa shape index (κ3) is 4.32. The summed E-state index contributed by atoms with van der Waals surface area (Å²) in [7, 11) is 0. The van der Waals surface area contributed by atoms with E-state index in [1.165, 1.54) is 75.5 Å². The van der Waals surface area contributed by atoms with Gasteiger partial charge in [-0.05, 0) is 12.8 Å². The van der Waals surface area contributed by atoms with Crippen LogP contribution in [0.25, 0.3) is 0 Å². The highest BCUT2D eigenvalue weighted by Gasteiger charge is 2.39. The number of quaternary nitrogens is 1. The molecule has 1 saturated heterocycles. The summed E-state index contributed by atoms with van der Waals surface area (Å²) in [5.41, 5.74) is 1.57. The Labute approximate surface area is 132 Å². The van der Waals surface area contributed by atoms with E-state index in [9.17, 15) is 0 Å². The average molecular weight is 288 g/mol. The van der Waals surface area contributed by atoms with Gasteiger partial charge in [0.1, 0.15) is 6.04 Å². The molecule has 21 heavy (non-hydrogen) atoms. The van der Waals surface area contributed by atoms with Gasteiger partial charge < -0.3 is 4.48 Å². The van der Waals surface area contributed by atoms with Gasteiger partial charge in [-0.2, -0.15) is 0 Å². The average Bonchev–Trinajstić information content (AvgIpc) is 2.98. The molecule has 1 aliphatic rings. The number of hydrogen-bond acceptors (Lipinski definition) is 0. The second-order valence-corrected chi connectivity index (χ2v) is 6.85. The first-order chi connectivity index (χ1) is 10.3. The molecule has 1 aromatic carbocycles. The minimum atomic E-state index is 0.722. The standard InChI is InChI=1S/C20H34N/c1-3-5-6-7-11-16-21(17-12-13-18-21)20(4-2)19-14-9-8-10-15-19/h8-10,14-15,20H,3-7,11-13,16-18H2,1-2H3/q+1. The number of benzene rings is 1. The normalized spacial score (nSPS) is 18.8. The van der Waals surface area contributed by atoms with Gasteiger partial charge in [-0.25, -0.2) is 0 Å². The Bertz CT molecular complexity index is 378. The lowest BCUT2D eigenvalue weighted by Crippen LogP contribution is -2.48. The number of unbranched alkanes of at least 4 members (excludes halogenated alkanes) is 4. The van der Waals surface area contributed by atoms with Crippen molar-refractivity contribution in [1.82, 2.24) is 0 Å². The number of hydrogen-bond donors (Lipinski definition) is 0. The van der Waals surface area contributed by atoms with Crippen LogP contribution in [0.4, 0.5) is 0 Å². The summed E-state index contributed by atoms with van der Waals surface area (Å²) in [5.74, 6) is 0. The topological polar surface area (TPSA) is 0 Å². The second-order valence-electron chi connectivity index (χ2n) is 6.85. The maximum atomic E-state index is 2.38. The van der Waals surface area contributed by atoms with Crippen molar-refractivity contribution in [3.63, 3.8) is 0 Å². The van der Waals surface area contributed by atoms with Gasteiger partial charge in [0.25, 0.3) is 0 Å². The minimum absolute atomic E-state index is 0.722. The minimum Gasteiger partial charge on any atom is -0.317 e. The Morgan fingerprint density at radius 1 is 0.905 bits per heavy atom. The first-order valence-corrected chi connectivity index (χ1v) is 9.23. The molecule has 1 nitrogen and oxygen atoms in total. The summed E-state index contributed by atoms with van der Waals surface area (Å²) >= 11 is 0. The Hall–Kier alpha value is -0.820. The van der Waals surface area contributed by atoms with Gasteiger partial charge in [-0.15, -0.1) is 0 Å². The quantitative estimate of drug-likeness (QED) is 0.403. The highest BCUT2D eigenvalue weighted by molar-refractivity contribution is 5.17. The molecular formula is C20H34N+. The van der Waals surface area contributed by atoms with Crippen molar-refractivity contribution in [3.8, 4) is 0 Å². The zero-order valence-electron chi connectivity index (χ0n) is 14.2. The van der Waals surface area contributed by atoms with E-state index in [2.05, 4.69) is 44.2 Å². The molecule has 0 saturated carbocycles. The van der Waals surface area contributed by atoms with Crippen LogP contribution in [0.3, 0.4) is 0 Å². The van der Waals surface area contributed by atoms with Gasteiger partial charge in [0.15, 0.2) is 0 Å². The third-order valence-corrected chi connectivity index (χ3v) is 5.40. The van der Waals surface area contributed by atoms with Crippen LogP contribution < -0.4 is 0 Å². The van der Waals surface area contributed by atoms with Crippen LogP contribution in [-0.2, 0) is 0 Å². The van der Waals surface area contributed by atoms with E-state index in [4.69, 9.17) is 0 Å². The largest absolute Gasteiger partial charge is 0.317 e. The smallest absolute Gasteiger partial charge is 0.114 e. The van der Waals surface area contributed by atoms with Gasteiger partial charge in [-0.3, -0.25) is 0 Å². The van der Waals surface area contributed by atoms with Crippen LogP contribution in [0, 0.1) is 0 Å². The molecule has 1 aromatic rings. The monoisotopic (exact) mass is 288 g/mol. The van der Waals surface area contributed by atoms with Gasteiger partial charge in [-0.1, -0.05) is 63.4 Å². The lowest BCUT2D eigenvalue weighted by molar-refractivity contribution is -0.946. The second kappa shape index (κ2) is 8.58. The molecule has 0 bridgehead atoms. The molecule has 118 valence electrons. The van der Waals surface area contributed by atoms with E-state index in [1.807, 2.05) is 0 Å². The molecule has 0 aliphatic carbocycles. The summed E-state index contributed by atoms with van der Waals surface area (Å²) in [5, 5.41) is 0. The number of rotatable bonds is 9. The molecule has 1 fully saturated rings. The van der Waals surface area contributed by atoms with Crippen molar-refractivity contribution in [3.05, 3.63) is 35.9 Å². The Kier molecular flexibility index (Phi) is 6.76. The molecule has 0 N–H and O–H groups in total. The lowest BCUT2D eigenvalue weighted by Gasteiger charge is -2.42. The van der Waals surface area contributed by atoms with Crippen LogP contribution in [0.5, 0.6) is 0 Å². The highest BCUT2D eigenvalue weighted by Crippen LogP contribution is 2.36. The van der Waals surface area contributed by atoms with Gasteiger partial charge in [0.2, 0.25) is 0 Å². The number of nitrogens with zero attached hydrogens (tertiary/aromatic N) is 1. The van der Waals surface area contributed by atoms with E-state index in [-0.39, 0.29) is 0 Å². The molecule has 1 aliphatic heterocycles. The Morgan fingerprint density at radius 2 is 1.57 bits per heavy atom. The first kappa shape index (κ1) is 16.5. The van der Waals surface area contributed by atoms with E-state index < -0.39 is 0 Å². The maximum Gasteiger partial charge on any atom is 0.114 e. The fourth-order valence-corrected chi connectivity index (χ4v) is 4.30. The van der Waals surface area contributed by atoms with E-state index >= 15 is 0 Å². The Balaban J connectivity index is 2.02. The van der Waals surface area contributed by atoms with Gasteiger partial charge >= 0.3 is 0 Å². The lowest BCUT2D eigenvalue weighted by atomic mass is 9.99. The summed E-state index contributed by atoms with van der Waals surface area (Å²) in [6.45, 7) is 8.89. The van der Waals surface area contributed by atoms with Crippen LogP contribution in [0.15, 0.2) is 30.3 Å². The predicted molar refractivity (Wildman–Crippen MR) is 92.3 cm³/mol. The molecule has 0 spiro atoms. The molecule has 1 heteroatoms. The zero-order valence-corrected chi connectivity index (χ0v) is 14.2. The van der Waals surface area contributed by atoms with Crippen LogP contribution in [0.2, 0.25) is 0 Å². The molecule has 1 unspecified atom stereocenters. The molecule has 1 atom stereocenters. The van der Waals surface area contributed by atoms with Gasteiger partial charge in [0.05, 0.1) is 19.6 Å². The van der Waals surface area contributed by atoms with Crippen LogP contribution >= 0.6 is 0 Å². The van der Waals surface area contributed by atoms with E-state index in [1.54, 1.807) is 5.56 Å². The summed E-state index contributed by atoms with van der Waals surface area (Å²) < 4.78 is 1.37. The van der Waals surface area contributed by atoms with E-state index in [0.717, 1.165) is 6.04 Å². The first-order valence-electron chi connectivity index (χ1n) is 9.23. The zero-order chi connectivity index (χ0) is 15.0. The van der Waals surface area contributed by atoms with Crippen molar-refractivity contribution < 1.29 is 4.48 Å². The fraction of sp³-hybridized carbons (Fsp3) is 0.700. The predicted octanol–water partition coefficient (Wildman–Crippen LogP) is 5.72. The summed E-state index contributed by atoms with van der Waals surface area (Å²) in [4.78, 5) is 0. The van der Waals surface area contributed by atoms with Crippen molar-refractivity contribution in [1.29, 1.82) is 0 Å². The van der Waals surface area contributed by atoms with Crippen molar-refractivity contribution in [2.75, 3.05) is 19.6 Å². The third-order valence-electron chi connectivity index (χ3n) is 5.40. The summed E-state index contributed by atoms with van der Waals surface area (Å²) in [6, 6.07) is 12.0. The Morgan fingerprint density at radius 3 is 2.19 bits per heavy atom. The van der Waals surface area contributed by atoms with Crippen LogP contribution in [0.1, 0.15) is 76.8 Å². The molecular weight excluding hydrogens is 254 g/mol. The summed E-state index contributed by atoms with van der Waals surface area (Å²) in [6.07, 6.45) is 11.2. The van der Waals surface area contributed by atoms with Crippen molar-refractivity contribution >= 4 is 0 Å². The van der Waals surface area contributed by atoms with Crippen molar-refractivity contribution in [2.24, 2.45) is 0 Å². The highest BCUT2D eigenvalue weighted by atomic mass is 15.4. The molecule has 2 rings (SSSR count). The SMILES string of the molecule is CCCCCCC[N+]1(C(CC)c2ccccc2)CCCC1. The van der Waals surface area contributed by atoms with E-state index in [0.29, 0.717) is 0 Å². The van der Waals surface area contributed by atoms with Crippen molar-refractivity contribution in [2.45, 2.75) is 71.3 Å². The number of likely N-dealkylation sites (tertiary alicyclic amines) is 1. The molecule has 0 amide bonds. The maximum absolute atomic E-state index is 2.38. The fourth-order valence-electron chi connectivity index (χ4n) is 4.30. The molecule has 1 heterocycles. The molecule has 0 aromatic heterocycles.